The first-order valence-corrected chi connectivity index (χ1v) is 6.26. The maximum atomic E-state index is 11.7. The van der Waals surface area contributed by atoms with Crippen LogP contribution in [-0.4, -0.2) is 60.0 Å². The monoisotopic (exact) mass is 243 g/mol. The van der Waals surface area contributed by atoms with Gasteiger partial charge in [0.2, 0.25) is 0 Å². The Kier molecular flexibility index (Phi) is 3.70. The summed E-state index contributed by atoms with van der Waals surface area (Å²) in [5.41, 5.74) is -0.754. The number of morpholine rings is 1. The van der Waals surface area contributed by atoms with E-state index < -0.39 is 11.5 Å². The molecule has 2 saturated heterocycles. The summed E-state index contributed by atoms with van der Waals surface area (Å²) < 4.78 is 10.9. The summed E-state index contributed by atoms with van der Waals surface area (Å²) in [4.78, 5) is 13.8. The van der Waals surface area contributed by atoms with Crippen LogP contribution in [0.3, 0.4) is 0 Å². The molecule has 0 spiro atoms. The highest BCUT2D eigenvalue weighted by Gasteiger charge is 2.48. The highest BCUT2D eigenvalue weighted by atomic mass is 16.5. The van der Waals surface area contributed by atoms with E-state index in [0.717, 1.165) is 0 Å². The highest BCUT2D eigenvalue weighted by molar-refractivity contribution is 5.79. The van der Waals surface area contributed by atoms with Gasteiger partial charge in [0, 0.05) is 25.8 Å². The second-order valence-electron chi connectivity index (χ2n) is 5.09. The van der Waals surface area contributed by atoms with Gasteiger partial charge in [-0.2, -0.15) is 0 Å². The van der Waals surface area contributed by atoms with Crippen LogP contribution in [0.15, 0.2) is 0 Å². The van der Waals surface area contributed by atoms with Gasteiger partial charge in [0.15, 0.2) is 0 Å². The number of hydrogen-bond acceptors (Lipinski definition) is 4. The van der Waals surface area contributed by atoms with Gasteiger partial charge in [-0.15, -0.1) is 0 Å². The third-order valence-corrected chi connectivity index (χ3v) is 3.88. The van der Waals surface area contributed by atoms with Crippen molar-refractivity contribution in [1.82, 2.24) is 4.90 Å². The van der Waals surface area contributed by atoms with Crippen molar-refractivity contribution in [3.05, 3.63) is 0 Å². The van der Waals surface area contributed by atoms with Crippen LogP contribution in [0.1, 0.15) is 26.7 Å². The molecule has 0 bridgehead atoms. The van der Waals surface area contributed by atoms with Crippen molar-refractivity contribution in [3.8, 4) is 0 Å². The molecule has 2 unspecified atom stereocenters. The first-order valence-electron chi connectivity index (χ1n) is 6.26. The third kappa shape index (κ3) is 2.32. The smallest absolute Gasteiger partial charge is 0.324 e. The maximum absolute atomic E-state index is 11.7. The van der Waals surface area contributed by atoms with Crippen molar-refractivity contribution in [2.24, 2.45) is 0 Å². The standard InChI is InChI=1S/C12H21NO4/c1-9-8-17-10(2)7-13(9)12(11(14)15)3-5-16-6-4-12/h9-10H,3-8H2,1-2H3,(H,14,15). The van der Waals surface area contributed by atoms with Crippen LogP contribution in [-0.2, 0) is 14.3 Å². The molecule has 0 aromatic heterocycles. The summed E-state index contributed by atoms with van der Waals surface area (Å²) in [6.45, 7) is 6.39. The van der Waals surface area contributed by atoms with Gasteiger partial charge in [-0.05, 0) is 26.7 Å². The number of nitrogens with zero attached hydrogens (tertiary/aromatic N) is 1. The molecule has 2 aliphatic rings. The number of carbonyl (C=O) groups is 1. The number of rotatable bonds is 2. The zero-order valence-corrected chi connectivity index (χ0v) is 10.5. The van der Waals surface area contributed by atoms with Crippen LogP contribution in [0.5, 0.6) is 0 Å². The zero-order chi connectivity index (χ0) is 12.5. The lowest BCUT2D eigenvalue weighted by molar-refractivity contribution is -0.172. The summed E-state index contributed by atoms with van der Waals surface area (Å²) in [6, 6.07) is 0.153. The molecule has 2 atom stereocenters. The Morgan fingerprint density at radius 2 is 2.00 bits per heavy atom. The van der Waals surface area contributed by atoms with E-state index in [4.69, 9.17) is 9.47 Å². The van der Waals surface area contributed by atoms with E-state index in [2.05, 4.69) is 4.90 Å². The van der Waals surface area contributed by atoms with Gasteiger partial charge in [-0.3, -0.25) is 9.69 Å². The number of carboxylic acids is 1. The predicted molar refractivity (Wildman–Crippen MR) is 62.0 cm³/mol. The second kappa shape index (κ2) is 4.92. The minimum atomic E-state index is -0.754. The second-order valence-corrected chi connectivity index (χ2v) is 5.09. The van der Waals surface area contributed by atoms with Crippen LogP contribution in [0.4, 0.5) is 0 Å². The maximum Gasteiger partial charge on any atom is 0.324 e. The minimum absolute atomic E-state index is 0.102. The van der Waals surface area contributed by atoms with E-state index in [0.29, 0.717) is 39.2 Å². The van der Waals surface area contributed by atoms with Crippen molar-refractivity contribution in [1.29, 1.82) is 0 Å². The van der Waals surface area contributed by atoms with Gasteiger partial charge in [0.05, 0.1) is 12.7 Å². The van der Waals surface area contributed by atoms with E-state index >= 15 is 0 Å². The summed E-state index contributed by atoms with van der Waals surface area (Å²) in [5.74, 6) is -0.721. The molecule has 0 amide bonds. The largest absolute Gasteiger partial charge is 0.480 e. The van der Waals surface area contributed by atoms with E-state index in [1.165, 1.54) is 0 Å². The van der Waals surface area contributed by atoms with Crippen LogP contribution in [0.2, 0.25) is 0 Å². The molecule has 2 aliphatic heterocycles. The molecular weight excluding hydrogens is 222 g/mol. The lowest BCUT2D eigenvalue weighted by Gasteiger charge is -2.49. The van der Waals surface area contributed by atoms with Gasteiger partial charge in [-0.25, -0.2) is 0 Å². The Hall–Kier alpha value is -0.650. The first kappa shape index (κ1) is 12.8. The molecule has 0 saturated carbocycles. The molecule has 0 aromatic carbocycles. The van der Waals surface area contributed by atoms with Gasteiger partial charge >= 0.3 is 5.97 Å². The first-order chi connectivity index (χ1) is 8.06. The Morgan fingerprint density at radius 3 is 2.59 bits per heavy atom. The van der Waals surface area contributed by atoms with Gasteiger partial charge in [0.25, 0.3) is 0 Å². The van der Waals surface area contributed by atoms with Crippen LogP contribution in [0.25, 0.3) is 0 Å². The normalized spacial score (nSPS) is 34.5. The number of hydrogen-bond donors (Lipinski definition) is 1. The summed E-state index contributed by atoms with van der Waals surface area (Å²) >= 11 is 0. The molecule has 1 N–H and O–H groups in total. The SMILES string of the molecule is CC1CN(C2(C(=O)O)CCOCC2)C(C)CO1. The predicted octanol–water partition coefficient (Wildman–Crippen LogP) is 0.729. The average Bonchev–Trinajstić information content (AvgIpc) is 2.33. The van der Waals surface area contributed by atoms with Crippen LogP contribution in [0, 0.1) is 0 Å². The fourth-order valence-corrected chi connectivity index (χ4v) is 2.83. The lowest BCUT2D eigenvalue weighted by Crippen LogP contribution is -2.64. The average molecular weight is 243 g/mol. The molecule has 2 heterocycles. The van der Waals surface area contributed by atoms with Gasteiger partial charge < -0.3 is 14.6 Å². The number of carboxylic acid groups (broad SMARTS) is 1. The van der Waals surface area contributed by atoms with Crippen molar-refractivity contribution in [2.75, 3.05) is 26.4 Å². The van der Waals surface area contributed by atoms with Crippen LogP contribution < -0.4 is 0 Å². The number of aliphatic carboxylic acids is 1. The molecule has 2 fully saturated rings. The number of ether oxygens (including phenoxy) is 2. The topological polar surface area (TPSA) is 59.0 Å². The molecule has 0 aromatic rings. The van der Waals surface area contributed by atoms with E-state index in [-0.39, 0.29) is 12.1 Å². The summed E-state index contributed by atoms with van der Waals surface area (Å²) in [5, 5.41) is 9.61. The van der Waals surface area contributed by atoms with E-state index in [9.17, 15) is 9.90 Å². The summed E-state index contributed by atoms with van der Waals surface area (Å²) in [6.07, 6.45) is 1.24. The van der Waals surface area contributed by atoms with Gasteiger partial charge in [0.1, 0.15) is 5.54 Å². The van der Waals surface area contributed by atoms with E-state index in [1.807, 2.05) is 13.8 Å². The fourth-order valence-electron chi connectivity index (χ4n) is 2.83. The molecule has 2 rings (SSSR count). The van der Waals surface area contributed by atoms with Crippen molar-refractivity contribution < 1.29 is 19.4 Å². The van der Waals surface area contributed by atoms with Gasteiger partial charge in [-0.1, -0.05) is 0 Å². The Bertz CT molecular complexity index is 288. The van der Waals surface area contributed by atoms with E-state index in [1.54, 1.807) is 0 Å². The zero-order valence-electron chi connectivity index (χ0n) is 10.5. The lowest BCUT2D eigenvalue weighted by atomic mass is 9.86. The Morgan fingerprint density at radius 1 is 1.35 bits per heavy atom. The highest BCUT2D eigenvalue weighted by Crippen LogP contribution is 2.32. The molecule has 5 heteroatoms. The molecule has 98 valence electrons. The Balaban J connectivity index is 2.22. The van der Waals surface area contributed by atoms with Crippen molar-refractivity contribution in [3.63, 3.8) is 0 Å². The summed E-state index contributed by atoms with van der Waals surface area (Å²) in [7, 11) is 0. The molecule has 5 nitrogen and oxygen atoms in total. The molecule has 17 heavy (non-hydrogen) atoms. The third-order valence-electron chi connectivity index (χ3n) is 3.88. The molecular formula is C12H21NO4. The van der Waals surface area contributed by atoms with Crippen molar-refractivity contribution in [2.45, 2.75) is 44.4 Å². The fraction of sp³-hybridized carbons (Fsp3) is 0.917. The molecule has 0 radical (unpaired) electrons. The minimum Gasteiger partial charge on any atom is -0.480 e. The quantitative estimate of drug-likeness (QED) is 0.774. The molecule has 0 aliphatic carbocycles. The Labute approximate surface area is 102 Å². The van der Waals surface area contributed by atoms with Crippen molar-refractivity contribution >= 4 is 5.97 Å². The van der Waals surface area contributed by atoms with Crippen LogP contribution >= 0.6 is 0 Å².